The van der Waals surface area contributed by atoms with Gasteiger partial charge in [0.15, 0.2) is 0 Å². The Morgan fingerprint density at radius 3 is 2.19 bits per heavy atom. The summed E-state index contributed by atoms with van der Waals surface area (Å²) in [5.41, 5.74) is 0.0965. The fraction of sp³-hybridized carbons (Fsp3) is 0.917. The van der Waals surface area contributed by atoms with Crippen LogP contribution in [-0.4, -0.2) is 54.2 Å². The predicted molar refractivity (Wildman–Crippen MR) is 70.9 cm³/mol. The summed E-state index contributed by atoms with van der Waals surface area (Å²) in [5.74, 6) is 1.20. The van der Waals surface area contributed by atoms with Gasteiger partial charge < -0.3 is 4.90 Å². The summed E-state index contributed by atoms with van der Waals surface area (Å²) in [4.78, 5) is 16.3. The Hall–Kier alpha value is -0.220. The van der Waals surface area contributed by atoms with E-state index in [0.29, 0.717) is 12.3 Å². The molecule has 0 aromatic carbocycles. The van der Waals surface area contributed by atoms with Gasteiger partial charge in [-0.15, -0.1) is 0 Å². The van der Waals surface area contributed by atoms with Crippen LogP contribution < -0.4 is 0 Å². The van der Waals surface area contributed by atoms with E-state index in [1.54, 1.807) is 0 Å². The number of thiol groups is 1. The third-order valence-electron chi connectivity index (χ3n) is 2.82. The molecule has 1 aliphatic rings. The first-order valence-electron chi connectivity index (χ1n) is 6.03. The molecule has 3 nitrogen and oxygen atoms in total. The smallest absolute Gasteiger partial charge is 0.223 e. The lowest BCUT2D eigenvalue weighted by molar-refractivity contribution is -0.134. The van der Waals surface area contributed by atoms with Crippen molar-refractivity contribution in [3.63, 3.8) is 0 Å². The highest BCUT2D eigenvalue weighted by atomic mass is 32.1. The summed E-state index contributed by atoms with van der Waals surface area (Å²) in [6.07, 6.45) is 0.652. The van der Waals surface area contributed by atoms with Crippen molar-refractivity contribution in [2.45, 2.75) is 27.2 Å². The second-order valence-electron chi connectivity index (χ2n) is 5.68. The van der Waals surface area contributed by atoms with Crippen LogP contribution in [0.4, 0.5) is 0 Å². The third-order valence-corrected chi connectivity index (χ3v) is 3.02. The molecule has 94 valence electrons. The molecule has 0 atom stereocenters. The first-order valence-corrected chi connectivity index (χ1v) is 6.66. The first-order chi connectivity index (χ1) is 7.42. The van der Waals surface area contributed by atoms with E-state index in [1.807, 2.05) is 4.90 Å². The largest absolute Gasteiger partial charge is 0.340 e. The monoisotopic (exact) mass is 244 g/mol. The second-order valence-corrected chi connectivity index (χ2v) is 6.13. The highest BCUT2D eigenvalue weighted by Crippen LogP contribution is 2.20. The van der Waals surface area contributed by atoms with Gasteiger partial charge in [-0.1, -0.05) is 20.8 Å². The summed E-state index contributed by atoms with van der Waals surface area (Å²) < 4.78 is 0. The minimum absolute atomic E-state index is 0.0965. The normalized spacial score (nSPS) is 18.9. The number of rotatable bonds is 3. The summed E-state index contributed by atoms with van der Waals surface area (Å²) in [6.45, 7) is 11.1. The van der Waals surface area contributed by atoms with Crippen LogP contribution >= 0.6 is 12.6 Å². The number of piperazine rings is 1. The van der Waals surface area contributed by atoms with Gasteiger partial charge >= 0.3 is 0 Å². The predicted octanol–water partition coefficient (Wildman–Crippen LogP) is 1.50. The minimum atomic E-state index is 0.0965. The number of hydrogen-bond donors (Lipinski definition) is 1. The average molecular weight is 244 g/mol. The van der Waals surface area contributed by atoms with Gasteiger partial charge in [0.05, 0.1) is 0 Å². The van der Waals surface area contributed by atoms with Gasteiger partial charge in [-0.3, -0.25) is 9.69 Å². The fourth-order valence-electron chi connectivity index (χ4n) is 1.93. The van der Waals surface area contributed by atoms with Crippen molar-refractivity contribution in [2.75, 3.05) is 38.5 Å². The first kappa shape index (κ1) is 13.8. The quantitative estimate of drug-likeness (QED) is 0.761. The number of hydrogen-bond acceptors (Lipinski definition) is 3. The van der Waals surface area contributed by atoms with E-state index in [0.717, 1.165) is 38.5 Å². The lowest BCUT2D eigenvalue weighted by Crippen LogP contribution is -2.49. The molecule has 0 spiro atoms. The Kier molecular flexibility index (Phi) is 5.12. The van der Waals surface area contributed by atoms with Crippen LogP contribution in [0.5, 0.6) is 0 Å². The molecular weight excluding hydrogens is 220 g/mol. The maximum atomic E-state index is 12.0. The number of carbonyl (C=O) groups is 1. The van der Waals surface area contributed by atoms with Crippen molar-refractivity contribution in [3.05, 3.63) is 0 Å². The van der Waals surface area contributed by atoms with Crippen molar-refractivity contribution in [1.82, 2.24) is 9.80 Å². The van der Waals surface area contributed by atoms with Gasteiger partial charge in [0.2, 0.25) is 5.91 Å². The zero-order chi connectivity index (χ0) is 12.2. The number of amides is 1. The lowest BCUT2D eigenvalue weighted by Gasteiger charge is -2.35. The molecule has 0 unspecified atom stereocenters. The number of nitrogens with zero attached hydrogens (tertiary/aromatic N) is 2. The minimum Gasteiger partial charge on any atom is -0.340 e. The molecule has 0 saturated carbocycles. The fourth-order valence-corrected chi connectivity index (χ4v) is 2.21. The van der Waals surface area contributed by atoms with Crippen molar-refractivity contribution < 1.29 is 4.79 Å². The molecular formula is C12H24N2OS. The van der Waals surface area contributed by atoms with Crippen molar-refractivity contribution in [3.8, 4) is 0 Å². The van der Waals surface area contributed by atoms with Gasteiger partial charge in [-0.2, -0.15) is 12.6 Å². The average Bonchev–Trinajstić information content (AvgIpc) is 2.16. The van der Waals surface area contributed by atoms with E-state index in [4.69, 9.17) is 0 Å². The molecule has 0 aromatic rings. The molecule has 0 aromatic heterocycles. The molecule has 16 heavy (non-hydrogen) atoms. The van der Waals surface area contributed by atoms with Crippen LogP contribution in [-0.2, 0) is 4.79 Å². The third kappa shape index (κ3) is 4.74. The Morgan fingerprint density at radius 2 is 1.75 bits per heavy atom. The maximum absolute atomic E-state index is 12.0. The van der Waals surface area contributed by atoms with E-state index < -0.39 is 0 Å². The Morgan fingerprint density at radius 1 is 1.19 bits per heavy atom. The second kappa shape index (κ2) is 5.92. The molecule has 0 bridgehead atoms. The van der Waals surface area contributed by atoms with Crippen LogP contribution in [0, 0.1) is 5.41 Å². The van der Waals surface area contributed by atoms with E-state index >= 15 is 0 Å². The van der Waals surface area contributed by atoms with Crippen molar-refractivity contribution in [1.29, 1.82) is 0 Å². The van der Waals surface area contributed by atoms with Crippen LogP contribution in [0.1, 0.15) is 27.2 Å². The SMILES string of the molecule is CC(C)(C)CC(=O)N1CCN(CCS)CC1. The van der Waals surface area contributed by atoms with Crippen molar-refractivity contribution in [2.24, 2.45) is 5.41 Å². The van der Waals surface area contributed by atoms with Crippen LogP contribution in [0.2, 0.25) is 0 Å². The summed E-state index contributed by atoms with van der Waals surface area (Å²) in [6, 6.07) is 0. The van der Waals surface area contributed by atoms with Gasteiger partial charge in [-0.25, -0.2) is 0 Å². The Labute approximate surface area is 105 Å². The molecule has 1 fully saturated rings. The Bertz CT molecular complexity index is 230. The van der Waals surface area contributed by atoms with Gasteiger partial charge in [-0.05, 0) is 5.41 Å². The lowest BCUT2D eigenvalue weighted by atomic mass is 9.91. The topological polar surface area (TPSA) is 23.6 Å². The Balaban J connectivity index is 2.33. The summed E-state index contributed by atoms with van der Waals surface area (Å²) >= 11 is 4.23. The van der Waals surface area contributed by atoms with E-state index in [-0.39, 0.29) is 5.41 Å². The van der Waals surface area contributed by atoms with Gasteiger partial charge in [0.25, 0.3) is 0 Å². The van der Waals surface area contributed by atoms with Crippen molar-refractivity contribution >= 4 is 18.5 Å². The zero-order valence-electron chi connectivity index (χ0n) is 10.7. The molecule has 1 heterocycles. The molecule has 1 amide bonds. The standard InChI is InChI=1S/C12H24N2OS/c1-12(2,3)10-11(15)14-6-4-13(5-7-14)8-9-16/h16H,4-10H2,1-3H3. The molecule has 0 aliphatic carbocycles. The van der Waals surface area contributed by atoms with Crippen LogP contribution in [0.3, 0.4) is 0 Å². The summed E-state index contributed by atoms with van der Waals surface area (Å²) in [5, 5.41) is 0. The van der Waals surface area contributed by atoms with Crippen LogP contribution in [0.15, 0.2) is 0 Å². The maximum Gasteiger partial charge on any atom is 0.223 e. The molecule has 0 N–H and O–H groups in total. The molecule has 1 rings (SSSR count). The van der Waals surface area contributed by atoms with E-state index in [2.05, 4.69) is 38.3 Å². The highest BCUT2D eigenvalue weighted by molar-refractivity contribution is 7.80. The molecule has 1 saturated heterocycles. The summed E-state index contributed by atoms with van der Waals surface area (Å²) in [7, 11) is 0. The zero-order valence-corrected chi connectivity index (χ0v) is 11.6. The molecule has 1 aliphatic heterocycles. The van der Waals surface area contributed by atoms with Gasteiger partial charge in [0.1, 0.15) is 0 Å². The molecule has 0 radical (unpaired) electrons. The number of carbonyl (C=O) groups excluding carboxylic acids is 1. The van der Waals surface area contributed by atoms with E-state index in [9.17, 15) is 4.79 Å². The molecule has 4 heteroatoms. The van der Waals surface area contributed by atoms with E-state index in [1.165, 1.54) is 0 Å². The highest BCUT2D eigenvalue weighted by Gasteiger charge is 2.24. The van der Waals surface area contributed by atoms with Gasteiger partial charge in [0, 0.05) is 44.9 Å². The van der Waals surface area contributed by atoms with Crippen LogP contribution in [0.25, 0.3) is 0 Å².